The van der Waals surface area contributed by atoms with Crippen LogP contribution < -0.4 is 5.48 Å². The molecule has 198 valence electrons. The molecule has 2 aliphatic rings. The molecule has 2 saturated heterocycles. The summed E-state index contributed by atoms with van der Waals surface area (Å²) in [5.74, 6) is 0.729. The molecule has 2 aliphatic heterocycles. The maximum Gasteiger partial charge on any atom is 0.254 e. The number of nitrogens with zero attached hydrogens (tertiary/aromatic N) is 3. The van der Waals surface area contributed by atoms with Crippen molar-refractivity contribution in [1.29, 1.82) is 5.41 Å². The third-order valence-corrected chi connectivity index (χ3v) is 6.74. The van der Waals surface area contributed by atoms with E-state index in [-0.39, 0.29) is 23.8 Å². The lowest BCUT2D eigenvalue weighted by Crippen LogP contribution is -2.41. The molecule has 3 N–H and O–H groups in total. The molecule has 2 amide bonds. The first-order valence-corrected chi connectivity index (χ1v) is 12.6. The van der Waals surface area contributed by atoms with E-state index in [0.29, 0.717) is 49.8 Å². The molecule has 0 radical (unpaired) electrons. The Balaban J connectivity index is 0.00000186. The molecule has 0 bridgehead atoms. The molecular weight excluding hydrogens is 470 g/mol. The van der Waals surface area contributed by atoms with E-state index in [0.717, 1.165) is 31.1 Å². The van der Waals surface area contributed by atoms with Gasteiger partial charge in [0.25, 0.3) is 5.91 Å². The largest absolute Gasteiger partial charge is 0.400 e. The maximum absolute atomic E-state index is 13.3. The van der Waals surface area contributed by atoms with E-state index in [4.69, 9.17) is 20.3 Å². The topological polar surface area (TPSA) is 118 Å². The van der Waals surface area contributed by atoms with Crippen LogP contribution in [0.25, 0.3) is 11.1 Å². The molecule has 2 aromatic carbocycles. The molecule has 2 aromatic rings. The van der Waals surface area contributed by atoms with Crippen LogP contribution in [0.3, 0.4) is 0 Å². The highest BCUT2D eigenvalue weighted by Crippen LogP contribution is 2.24. The predicted octanol–water partition coefficient (Wildman–Crippen LogP) is 3.00. The van der Waals surface area contributed by atoms with E-state index in [1.165, 1.54) is 0 Å². The average Bonchev–Trinajstić information content (AvgIpc) is 3.32. The summed E-state index contributed by atoms with van der Waals surface area (Å²) in [6.07, 6.45) is 2.08. The van der Waals surface area contributed by atoms with Crippen LogP contribution in [-0.2, 0) is 9.63 Å². The summed E-state index contributed by atoms with van der Waals surface area (Å²) >= 11 is 0. The Morgan fingerprint density at radius 3 is 2.27 bits per heavy atom. The van der Waals surface area contributed by atoms with Crippen LogP contribution in [-0.4, -0.2) is 84.7 Å². The van der Waals surface area contributed by atoms with Crippen molar-refractivity contribution < 1.29 is 19.5 Å². The molecule has 4 rings (SSSR count). The Morgan fingerprint density at radius 2 is 1.68 bits per heavy atom. The standard InChI is InChI=1S/C27H33N5O3.CH4O/c1-19(33)31-14-12-22(13-15-31)26(35-29-2)30-17-25-16-24(28)18-32(25)27(34)23-10-8-21(9-11-23)20-6-4-3-5-7-20;1-2/h3-11,22,25,28-29H,12-18H2,1-2H3;2H,1H3. The first-order valence-electron chi connectivity index (χ1n) is 12.6. The van der Waals surface area contributed by atoms with Gasteiger partial charge in [-0.05, 0) is 36.1 Å². The zero-order valence-corrected chi connectivity index (χ0v) is 21.8. The minimum atomic E-state index is -0.184. The van der Waals surface area contributed by atoms with Crippen LogP contribution in [0.4, 0.5) is 0 Å². The third-order valence-electron chi connectivity index (χ3n) is 6.74. The van der Waals surface area contributed by atoms with Crippen LogP contribution in [0.5, 0.6) is 0 Å². The number of hydrogen-bond donors (Lipinski definition) is 3. The minimum Gasteiger partial charge on any atom is -0.400 e. The van der Waals surface area contributed by atoms with Crippen LogP contribution in [0, 0.1) is 11.3 Å². The number of piperidine rings is 1. The summed E-state index contributed by atoms with van der Waals surface area (Å²) < 4.78 is 0. The molecule has 37 heavy (non-hydrogen) atoms. The average molecular weight is 508 g/mol. The quantitative estimate of drug-likeness (QED) is 0.316. The van der Waals surface area contributed by atoms with Gasteiger partial charge >= 0.3 is 0 Å². The predicted molar refractivity (Wildman–Crippen MR) is 145 cm³/mol. The number of benzene rings is 2. The summed E-state index contributed by atoms with van der Waals surface area (Å²) in [5.41, 5.74) is 6.03. The first-order chi connectivity index (χ1) is 18.0. The second-order valence-electron chi connectivity index (χ2n) is 9.10. The lowest BCUT2D eigenvalue weighted by Gasteiger charge is -2.31. The maximum atomic E-state index is 13.3. The highest BCUT2D eigenvalue weighted by atomic mass is 16.7. The van der Waals surface area contributed by atoms with Gasteiger partial charge in [0.15, 0.2) is 0 Å². The van der Waals surface area contributed by atoms with Crippen molar-refractivity contribution in [2.45, 2.75) is 32.2 Å². The first kappa shape index (κ1) is 28.0. The number of carbonyl (C=O) groups excluding carboxylic acids is 2. The summed E-state index contributed by atoms with van der Waals surface area (Å²) in [6, 6.07) is 17.5. The lowest BCUT2D eigenvalue weighted by atomic mass is 9.96. The fourth-order valence-electron chi connectivity index (χ4n) is 4.78. The van der Waals surface area contributed by atoms with Crippen molar-refractivity contribution >= 4 is 23.4 Å². The van der Waals surface area contributed by atoms with Crippen molar-refractivity contribution in [2.24, 2.45) is 10.9 Å². The van der Waals surface area contributed by atoms with Gasteiger partial charge in [0.05, 0.1) is 19.1 Å². The smallest absolute Gasteiger partial charge is 0.254 e. The van der Waals surface area contributed by atoms with E-state index in [1.807, 2.05) is 59.5 Å². The van der Waals surface area contributed by atoms with Gasteiger partial charge in [0, 0.05) is 57.8 Å². The normalized spacial score (nSPS) is 18.3. The van der Waals surface area contributed by atoms with E-state index in [1.54, 1.807) is 18.9 Å². The second kappa shape index (κ2) is 13.7. The fourth-order valence-corrected chi connectivity index (χ4v) is 4.78. The molecular formula is C28H37N5O4. The number of amides is 2. The monoisotopic (exact) mass is 507 g/mol. The van der Waals surface area contributed by atoms with Gasteiger partial charge in [-0.15, -0.1) is 0 Å². The highest BCUT2D eigenvalue weighted by molar-refractivity contribution is 6.00. The number of nitrogens with one attached hydrogen (secondary N) is 2. The number of aliphatic hydroxyl groups excluding tert-OH is 1. The molecule has 0 spiro atoms. The van der Waals surface area contributed by atoms with Gasteiger partial charge in [-0.1, -0.05) is 42.5 Å². The lowest BCUT2D eigenvalue weighted by molar-refractivity contribution is -0.130. The number of aliphatic imine (C=N–C) groups is 1. The molecule has 9 nitrogen and oxygen atoms in total. The molecule has 9 heteroatoms. The molecule has 0 aromatic heterocycles. The Labute approximate surface area is 218 Å². The van der Waals surface area contributed by atoms with Gasteiger partial charge in [-0.25, -0.2) is 0 Å². The number of likely N-dealkylation sites (tertiary alicyclic amines) is 2. The van der Waals surface area contributed by atoms with Crippen LogP contribution >= 0.6 is 0 Å². The number of hydroxylamine groups is 1. The Hall–Kier alpha value is -3.56. The minimum absolute atomic E-state index is 0.0853. The number of hydrogen-bond acceptors (Lipinski definition) is 7. The number of aliphatic hydroxyl groups is 1. The molecule has 2 fully saturated rings. The van der Waals surface area contributed by atoms with Gasteiger partial charge in [0.2, 0.25) is 11.8 Å². The molecule has 0 saturated carbocycles. The molecule has 1 unspecified atom stereocenters. The zero-order chi connectivity index (χ0) is 26.8. The molecule has 0 aliphatic carbocycles. The van der Waals surface area contributed by atoms with E-state index < -0.39 is 0 Å². The van der Waals surface area contributed by atoms with Gasteiger partial charge in [-0.2, -0.15) is 5.48 Å². The third kappa shape index (κ3) is 7.24. The second-order valence-corrected chi connectivity index (χ2v) is 9.10. The number of carbonyl (C=O) groups is 2. The van der Waals surface area contributed by atoms with Crippen molar-refractivity contribution in [3.8, 4) is 11.1 Å². The summed E-state index contributed by atoms with van der Waals surface area (Å²) in [7, 11) is 2.69. The molecule has 2 heterocycles. The summed E-state index contributed by atoms with van der Waals surface area (Å²) in [5, 5.41) is 15.2. The van der Waals surface area contributed by atoms with E-state index in [9.17, 15) is 9.59 Å². The summed E-state index contributed by atoms with van der Waals surface area (Å²) in [4.78, 5) is 38.9. The zero-order valence-electron chi connectivity index (χ0n) is 21.8. The van der Waals surface area contributed by atoms with E-state index >= 15 is 0 Å². The Kier molecular flexibility index (Phi) is 10.3. The Bertz CT molecular complexity index is 1080. The highest BCUT2D eigenvalue weighted by Gasteiger charge is 2.33. The Morgan fingerprint density at radius 1 is 1.05 bits per heavy atom. The van der Waals surface area contributed by atoms with Gasteiger partial charge in [0.1, 0.15) is 0 Å². The van der Waals surface area contributed by atoms with E-state index in [2.05, 4.69) is 5.48 Å². The van der Waals surface area contributed by atoms with Crippen LogP contribution in [0.1, 0.15) is 36.5 Å². The van der Waals surface area contributed by atoms with Crippen LogP contribution in [0.2, 0.25) is 0 Å². The SMILES string of the molecule is CNOC(=NCC1CC(=N)CN1C(=O)c1ccc(-c2ccccc2)cc1)C1CCN(C(C)=O)CC1.CO. The van der Waals surface area contributed by atoms with Gasteiger partial charge < -0.3 is 25.2 Å². The van der Waals surface area contributed by atoms with Crippen molar-refractivity contribution in [2.75, 3.05) is 40.3 Å². The summed E-state index contributed by atoms with van der Waals surface area (Å²) in [6.45, 7) is 3.65. The van der Waals surface area contributed by atoms with Crippen molar-refractivity contribution in [3.63, 3.8) is 0 Å². The van der Waals surface area contributed by atoms with Crippen molar-refractivity contribution in [1.82, 2.24) is 15.3 Å². The molecule has 1 atom stereocenters. The van der Waals surface area contributed by atoms with Crippen LogP contribution in [0.15, 0.2) is 59.6 Å². The fraction of sp³-hybridized carbons (Fsp3) is 0.429. The number of rotatable bonds is 6. The van der Waals surface area contributed by atoms with Gasteiger partial charge in [-0.3, -0.25) is 14.6 Å². The van der Waals surface area contributed by atoms with Crippen molar-refractivity contribution in [3.05, 3.63) is 60.2 Å².